The van der Waals surface area contributed by atoms with Crippen LogP contribution in [0.3, 0.4) is 0 Å². The summed E-state index contributed by atoms with van der Waals surface area (Å²) in [5.74, 6) is 0.645. The van der Waals surface area contributed by atoms with Crippen molar-refractivity contribution in [3.05, 3.63) is 34.3 Å². The predicted molar refractivity (Wildman–Crippen MR) is 141 cm³/mol. The number of aliphatic imine (C=N–C) groups is 2. The summed E-state index contributed by atoms with van der Waals surface area (Å²) in [5.41, 5.74) is 2.35. The minimum atomic E-state index is -1.70. The number of halogens is 1. The van der Waals surface area contributed by atoms with Gasteiger partial charge in [0.1, 0.15) is 48.5 Å². The van der Waals surface area contributed by atoms with E-state index in [2.05, 4.69) is 15.4 Å². The van der Waals surface area contributed by atoms with E-state index in [9.17, 15) is 15.3 Å². The third kappa shape index (κ3) is 4.73. The highest BCUT2D eigenvalue weighted by molar-refractivity contribution is 6.31. The molecule has 0 amide bonds. The van der Waals surface area contributed by atoms with Crippen molar-refractivity contribution in [1.82, 2.24) is 10.4 Å². The number of ether oxygens (including phenoxy) is 1. The Kier molecular flexibility index (Phi) is 7.68. The molecule has 2 saturated heterocycles. The normalized spacial score (nSPS) is 36.6. The molecule has 5 rings (SSSR count). The second-order valence-corrected chi connectivity index (χ2v) is 11.7. The minimum Gasteiger partial charge on any atom is -0.386 e. The summed E-state index contributed by atoms with van der Waals surface area (Å²) in [5, 5.41) is 35.1. The number of aliphatic hydroxyl groups is 3. The molecule has 4 aliphatic rings. The van der Waals surface area contributed by atoms with Crippen LogP contribution in [0.2, 0.25) is 5.02 Å². The number of amidine groups is 1. The summed E-state index contributed by atoms with van der Waals surface area (Å²) in [6.07, 6.45) is 5.25. The summed E-state index contributed by atoms with van der Waals surface area (Å²) < 4.78 is 6.48. The molecular formula is C27H39ClN4O5. The van der Waals surface area contributed by atoms with E-state index in [1.165, 1.54) is 19.7 Å². The van der Waals surface area contributed by atoms with Crippen LogP contribution < -0.4 is 5.48 Å². The molecule has 1 spiro atoms. The van der Waals surface area contributed by atoms with Crippen molar-refractivity contribution >= 4 is 23.8 Å². The molecule has 0 bridgehead atoms. The number of likely N-dealkylation sites (tertiary alicyclic amines) is 1. The Morgan fingerprint density at radius 3 is 2.59 bits per heavy atom. The van der Waals surface area contributed by atoms with Crippen molar-refractivity contribution in [3.8, 4) is 0 Å². The van der Waals surface area contributed by atoms with Crippen molar-refractivity contribution in [2.75, 3.05) is 7.11 Å². The number of hydroxylamine groups is 1. The number of benzene rings is 1. The van der Waals surface area contributed by atoms with Gasteiger partial charge in [-0.2, -0.15) is 0 Å². The Balaban J connectivity index is 1.50. The lowest BCUT2D eigenvalue weighted by Gasteiger charge is -2.45. The Morgan fingerprint density at radius 2 is 1.92 bits per heavy atom. The van der Waals surface area contributed by atoms with Crippen molar-refractivity contribution in [3.63, 3.8) is 0 Å². The molecule has 4 N–H and O–H groups in total. The number of nitrogens with zero attached hydrogens (tertiary/aromatic N) is 3. The van der Waals surface area contributed by atoms with Gasteiger partial charge in [0, 0.05) is 10.6 Å². The Bertz CT molecular complexity index is 1040. The molecule has 3 fully saturated rings. The zero-order valence-electron chi connectivity index (χ0n) is 21.8. The number of hydrogen-bond acceptors (Lipinski definition) is 9. The summed E-state index contributed by atoms with van der Waals surface area (Å²) in [7, 11) is 1.56. The fourth-order valence-corrected chi connectivity index (χ4v) is 7.00. The van der Waals surface area contributed by atoms with E-state index in [0.717, 1.165) is 50.5 Å². The van der Waals surface area contributed by atoms with Crippen LogP contribution in [-0.2, 0) is 9.57 Å². The van der Waals surface area contributed by atoms with Crippen LogP contribution in [0.1, 0.15) is 75.5 Å². The standard InChI is InChI=1S/C27H39ClN4O5/c1-16-13-17(9-10-19(16)28)20(33)22-26(2,35)21(34)25(37-22)32-24-18(23(31-36-3)29-15-30-24)14-27(32)11-7-5-4-6-8-12-27/h9-10,13,15,18,20-22,24-25,33-35H,4-8,11-12,14H2,1-3H3,(H,29,30,31)/t18?,20-,21+,22-,24?,25-,26+/m1/s1. The van der Waals surface area contributed by atoms with Crippen LogP contribution >= 0.6 is 11.6 Å². The lowest BCUT2D eigenvalue weighted by Crippen LogP contribution is -2.58. The molecule has 9 nitrogen and oxygen atoms in total. The van der Waals surface area contributed by atoms with Gasteiger partial charge in [-0.15, -0.1) is 0 Å². The molecule has 1 aromatic rings. The van der Waals surface area contributed by atoms with Gasteiger partial charge in [0.25, 0.3) is 0 Å². The number of rotatable bonds is 4. The van der Waals surface area contributed by atoms with Gasteiger partial charge in [-0.3, -0.25) is 15.3 Å². The minimum absolute atomic E-state index is 0.0620. The van der Waals surface area contributed by atoms with E-state index >= 15 is 0 Å². The number of fused-ring (bicyclic) bond motifs is 1. The highest BCUT2D eigenvalue weighted by atomic mass is 35.5. The molecule has 37 heavy (non-hydrogen) atoms. The first-order valence-corrected chi connectivity index (χ1v) is 13.7. The maximum atomic E-state index is 11.6. The quantitative estimate of drug-likeness (QED) is 0.438. The molecule has 3 aliphatic heterocycles. The zero-order valence-corrected chi connectivity index (χ0v) is 22.6. The summed E-state index contributed by atoms with van der Waals surface area (Å²) >= 11 is 6.19. The molecule has 2 unspecified atom stereocenters. The second-order valence-electron chi connectivity index (χ2n) is 11.3. The van der Waals surface area contributed by atoms with Gasteiger partial charge in [-0.25, -0.2) is 9.89 Å². The van der Waals surface area contributed by atoms with Crippen molar-refractivity contribution in [2.24, 2.45) is 15.9 Å². The summed E-state index contributed by atoms with van der Waals surface area (Å²) in [6.45, 7) is 3.40. The number of nitrogens with one attached hydrogen (secondary N) is 1. The van der Waals surface area contributed by atoms with Crippen LogP contribution in [-0.4, -0.2) is 75.2 Å². The van der Waals surface area contributed by atoms with Crippen LogP contribution in [0.4, 0.5) is 0 Å². The van der Waals surface area contributed by atoms with Crippen molar-refractivity contribution < 1.29 is 24.9 Å². The van der Waals surface area contributed by atoms with E-state index in [1.807, 2.05) is 6.92 Å². The smallest absolute Gasteiger partial charge is 0.142 e. The fourth-order valence-electron chi connectivity index (χ4n) is 6.88. The van der Waals surface area contributed by atoms with Crippen LogP contribution in [0.15, 0.2) is 28.2 Å². The first-order valence-electron chi connectivity index (χ1n) is 13.4. The van der Waals surface area contributed by atoms with Gasteiger partial charge >= 0.3 is 0 Å². The topological polar surface area (TPSA) is 119 Å². The largest absolute Gasteiger partial charge is 0.386 e. The summed E-state index contributed by atoms with van der Waals surface area (Å²) in [6, 6.07) is 5.24. The van der Waals surface area contributed by atoms with Gasteiger partial charge < -0.3 is 20.1 Å². The Morgan fingerprint density at radius 1 is 1.22 bits per heavy atom. The van der Waals surface area contributed by atoms with Crippen LogP contribution in [0.25, 0.3) is 0 Å². The van der Waals surface area contributed by atoms with Gasteiger partial charge in [-0.1, -0.05) is 55.8 Å². The lowest BCUT2D eigenvalue weighted by atomic mass is 9.79. The molecule has 0 aromatic heterocycles. The highest BCUT2D eigenvalue weighted by Crippen LogP contribution is 2.52. The van der Waals surface area contributed by atoms with Crippen LogP contribution in [0, 0.1) is 12.8 Å². The van der Waals surface area contributed by atoms with Crippen molar-refractivity contribution in [1.29, 1.82) is 0 Å². The maximum Gasteiger partial charge on any atom is 0.142 e. The highest BCUT2D eigenvalue weighted by Gasteiger charge is 2.64. The predicted octanol–water partition coefficient (Wildman–Crippen LogP) is 3.24. The first kappa shape index (κ1) is 27.0. The molecule has 10 heteroatoms. The third-order valence-corrected chi connectivity index (χ3v) is 9.29. The van der Waals surface area contributed by atoms with E-state index in [0.29, 0.717) is 16.4 Å². The average molecular weight is 535 g/mol. The monoisotopic (exact) mass is 534 g/mol. The average Bonchev–Trinajstić information content (AvgIpc) is 3.30. The lowest BCUT2D eigenvalue weighted by molar-refractivity contribution is -0.154. The molecule has 0 radical (unpaired) electrons. The maximum absolute atomic E-state index is 11.6. The number of hydrogen-bond donors (Lipinski definition) is 4. The first-order chi connectivity index (χ1) is 17.7. The molecule has 1 aliphatic carbocycles. The van der Waals surface area contributed by atoms with Gasteiger partial charge in [0.2, 0.25) is 0 Å². The van der Waals surface area contributed by atoms with Gasteiger partial charge in [-0.05, 0) is 50.3 Å². The van der Waals surface area contributed by atoms with Crippen molar-refractivity contribution in [2.45, 2.75) is 107 Å². The molecule has 204 valence electrons. The van der Waals surface area contributed by atoms with Gasteiger partial charge in [0.15, 0.2) is 0 Å². The Labute approximate surface area is 223 Å². The number of aryl methyl sites for hydroxylation is 1. The Hall–Kier alpha value is -1.59. The fraction of sp³-hybridized carbons (Fsp3) is 0.704. The molecular weight excluding hydrogens is 496 g/mol. The van der Waals surface area contributed by atoms with E-state index < -0.39 is 30.1 Å². The van der Waals surface area contributed by atoms with Gasteiger partial charge in [0.05, 0.1) is 13.0 Å². The molecule has 1 aromatic carbocycles. The third-order valence-electron chi connectivity index (χ3n) is 8.87. The van der Waals surface area contributed by atoms with E-state index in [-0.39, 0.29) is 17.6 Å². The van der Waals surface area contributed by atoms with E-state index in [4.69, 9.17) is 26.2 Å². The molecule has 1 saturated carbocycles. The molecule has 7 atom stereocenters. The summed E-state index contributed by atoms with van der Waals surface area (Å²) in [4.78, 5) is 16.6. The SMILES string of the molecule is CONC1=NC=NC2C1CC1(CCCCCCC1)N2[C@@H]1O[C@H]([C@H](O)c2ccc(Cl)c(C)c2)[C@@](C)(O)[C@H]1O. The molecule has 3 heterocycles. The van der Waals surface area contributed by atoms with Crippen LogP contribution in [0.5, 0.6) is 0 Å². The second kappa shape index (κ2) is 10.5. The van der Waals surface area contributed by atoms with E-state index in [1.54, 1.807) is 25.3 Å². The zero-order chi connectivity index (χ0) is 26.4. The number of aliphatic hydroxyl groups excluding tert-OH is 2.